The first-order chi connectivity index (χ1) is 3.12. The molecule has 0 N–H and O–H groups in total. The van der Waals surface area contributed by atoms with Crippen molar-refractivity contribution in [2.24, 2.45) is 0 Å². The Labute approximate surface area is 53.4 Å². The van der Waals surface area contributed by atoms with Gasteiger partial charge in [-0.1, -0.05) is 28.8 Å². The molecular formula is C6H9Br. The van der Waals surface area contributed by atoms with Gasteiger partial charge in [0.15, 0.2) is 0 Å². The van der Waals surface area contributed by atoms with Crippen molar-refractivity contribution in [1.82, 2.24) is 0 Å². The van der Waals surface area contributed by atoms with Crippen molar-refractivity contribution in [2.75, 3.05) is 0 Å². The van der Waals surface area contributed by atoms with Gasteiger partial charge in [0.25, 0.3) is 0 Å². The summed E-state index contributed by atoms with van der Waals surface area (Å²) in [7, 11) is 0. The van der Waals surface area contributed by atoms with Gasteiger partial charge in [0, 0.05) is 0 Å². The Kier molecular flexibility index (Phi) is 2.39. The first-order valence-electron chi connectivity index (χ1n) is 2.29. The molecule has 0 aliphatic rings. The average Bonchev–Trinajstić information content (AvgIpc) is 1.68. The van der Waals surface area contributed by atoms with E-state index in [1.807, 2.05) is 6.92 Å². The molecule has 0 aliphatic heterocycles. The zero-order valence-corrected chi connectivity index (χ0v) is 6.25. The van der Waals surface area contributed by atoms with E-state index >= 15 is 0 Å². The molecular weight excluding hydrogens is 152 g/mol. The van der Waals surface area contributed by atoms with Crippen LogP contribution in [0.25, 0.3) is 0 Å². The number of alkyl halides is 1. The van der Waals surface area contributed by atoms with E-state index in [9.17, 15) is 0 Å². The Morgan fingerprint density at radius 2 is 2.29 bits per heavy atom. The molecule has 0 radical (unpaired) electrons. The second-order valence-electron chi connectivity index (χ2n) is 1.70. The highest BCUT2D eigenvalue weighted by atomic mass is 79.9. The minimum absolute atomic E-state index is 0.0764. The van der Waals surface area contributed by atoms with E-state index in [0.717, 1.165) is 6.42 Å². The maximum absolute atomic E-state index is 5.12. The van der Waals surface area contributed by atoms with Crippen LogP contribution in [-0.2, 0) is 0 Å². The van der Waals surface area contributed by atoms with Gasteiger partial charge in [0.05, 0.1) is 4.32 Å². The third-order valence-electron chi connectivity index (χ3n) is 0.965. The fourth-order valence-electron chi connectivity index (χ4n) is 0.102. The molecule has 0 aromatic heterocycles. The second-order valence-corrected chi connectivity index (χ2v) is 3.45. The van der Waals surface area contributed by atoms with Crippen molar-refractivity contribution in [2.45, 2.75) is 24.6 Å². The minimum Gasteiger partial charge on any atom is -0.119 e. The van der Waals surface area contributed by atoms with Crippen LogP contribution in [0.5, 0.6) is 0 Å². The van der Waals surface area contributed by atoms with Crippen molar-refractivity contribution >= 4 is 15.9 Å². The molecule has 0 heterocycles. The van der Waals surface area contributed by atoms with Crippen molar-refractivity contribution in [3.63, 3.8) is 0 Å². The summed E-state index contributed by atoms with van der Waals surface area (Å²) >= 11 is 3.34. The number of halogens is 1. The minimum atomic E-state index is -0.0764. The molecule has 0 aromatic carbocycles. The molecule has 0 nitrogen and oxygen atoms in total. The van der Waals surface area contributed by atoms with Gasteiger partial charge in [0.2, 0.25) is 0 Å². The average molecular weight is 161 g/mol. The summed E-state index contributed by atoms with van der Waals surface area (Å²) in [6, 6.07) is 0. The van der Waals surface area contributed by atoms with Crippen molar-refractivity contribution < 1.29 is 0 Å². The van der Waals surface area contributed by atoms with E-state index in [1.165, 1.54) is 0 Å². The first kappa shape index (κ1) is 7.04. The molecule has 7 heavy (non-hydrogen) atoms. The predicted molar refractivity (Wildman–Crippen MR) is 36.5 cm³/mol. The van der Waals surface area contributed by atoms with Gasteiger partial charge in [-0.05, 0) is 13.3 Å². The molecule has 0 bridgehead atoms. The SMILES string of the molecule is C#CC(C)(Br)CC. The molecule has 0 amide bonds. The van der Waals surface area contributed by atoms with Crippen molar-refractivity contribution in [3.05, 3.63) is 0 Å². The lowest BCUT2D eigenvalue weighted by molar-refractivity contribution is 0.797. The highest BCUT2D eigenvalue weighted by Gasteiger charge is 2.10. The zero-order valence-electron chi connectivity index (χ0n) is 4.66. The van der Waals surface area contributed by atoms with Crippen LogP contribution in [0.4, 0.5) is 0 Å². The third kappa shape index (κ3) is 2.70. The van der Waals surface area contributed by atoms with Crippen molar-refractivity contribution in [3.8, 4) is 12.3 Å². The standard InChI is InChI=1S/C6H9Br/c1-4-6(3,7)5-2/h1H,5H2,2-3H3. The van der Waals surface area contributed by atoms with Crippen LogP contribution < -0.4 is 0 Å². The number of terminal acetylenes is 1. The molecule has 0 aromatic rings. The fraction of sp³-hybridized carbons (Fsp3) is 0.667. The molecule has 0 spiro atoms. The van der Waals surface area contributed by atoms with Crippen LogP contribution in [0.3, 0.4) is 0 Å². The van der Waals surface area contributed by atoms with Gasteiger partial charge in [-0.25, -0.2) is 0 Å². The molecule has 40 valence electrons. The second kappa shape index (κ2) is 2.37. The highest BCUT2D eigenvalue weighted by molar-refractivity contribution is 9.10. The lowest BCUT2D eigenvalue weighted by Crippen LogP contribution is -2.08. The van der Waals surface area contributed by atoms with E-state index in [-0.39, 0.29) is 4.32 Å². The number of hydrogen-bond acceptors (Lipinski definition) is 0. The maximum atomic E-state index is 5.12. The quantitative estimate of drug-likeness (QED) is 0.408. The van der Waals surface area contributed by atoms with Gasteiger partial charge in [0.1, 0.15) is 0 Å². The highest BCUT2D eigenvalue weighted by Crippen LogP contribution is 2.18. The molecule has 0 saturated carbocycles. The fourth-order valence-corrected chi connectivity index (χ4v) is 0.102. The molecule has 1 atom stereocenters. The van der Waals surface area contributed by atoms with Crippen LogP contribution in [-0.4, -0.2) is 4.32 Å². The van der Waals surface area contributed by atoms with E-state index in [1.54, 1.807) is 0 Å². The topological polar surface area (TPSA) is 0 Å². The van der Waals surface area contributed by atoms with E-state index < -0.39 is 0 Å². The summed E-state index contributed by atoms with van der Waals surface area (Å²) < 4.78 is -0.0764. The predicted octanol–water partition coefficient (Wildman–Crippen LogP) is 2.18. The van der Waals surface area contributed by atoms with E-state index in [4.69, 9.17) is 6.42 Å². The summed E-state index contributed by atoms with van der Waals surface area (Å²) in [5.74, 6) is 2.61. The molecule has 1 unspecified atom stereocenters. The molecule has 1 heteroatoms. The Bertz CT molecular complexity index is 86.8. The lowest BCUT2D eigenvalue weighted by atomic mass is 10.1. The summed E-state index contributed by atoms with van der Waals surface area (Å²) in [5, 5.41) is 0. The van der Waals surface area contributed by atoms with Gasteiger partial charge in [-0.2, -0.15) is 0 Å². The van der Waals surface area contributed by atoms with Gasteiger partial charge < -0.3 is 0 Å². The van der Waals surface area contributed by atoms with Gasteiger partial charge in [-0.3, -0.25) is 0 Å². The lowest BCUT2D eigenvalue weighted by Gasteiger charge is -2.09. The van der Waals surface area contributed by atoms with Crippen LogP contribution in [0.1, 0.15) is 20.3 Å². The number of rotatable bonds is 1. The monoisotopic (exact) mass is 160 g/mol. The smallest absolute Gasteiger partial charge is 0.0829 e. The normalized spacial score (nSPS) is 17.4. The first-order valence-corrected chi connectivity index (χ1v) is 3.08. The Morgan fingerprint density at radius 3 is 2.29 bits per heavy atom. The summed E-state index contributed by atoms with van der Waals surface area (Å²) in [6.07, 6.45) is 6.10. The molecule has 0 aliphatic carbocycles. The Balaban J connectivity index is 3.66. The third-order valence-corrected chi connectivity index (χ3v) is 1.75. The molecule has 0 fully saturated rings. The summed E-state index contributed by atoms with van der Waals surface area (Å²) in [6.45, 7) is 4.03. The van der Waals surface area contributed by atoms with E-state index in [0.29, 0.717) is 0 Å². The molecule has 0 saturated heterocycles. The van der Waals surface area contributed by atoms with E-state index in [2.05, 4.69) is 28.8 Å². The van der Waals surface area contributed by atoms with Crippen LogP contribution >= 0.6 is 15.9 Å². The Morgan fingerprint density at radius 1 is 1.86 bits per heavy atom. The van der Waals surface area contributed by atoms with Crippen LogP contribution in [0.2, 0.25) is 0 Å². The van der Waals surface area contributed by atoms with Crippen LogP contribution in [0.15, 0.2) is 0 Å². The number of hydrogen-bond donors (Lipinski definition) is 0. The summed E-state index contributed by atoms with van der Waals surface area (Å²) in [5.41, 5.74) is 0. The molecule has 0 rings (SSSR count). The van der Waals surface area contributed by atoms with Gasteiger partial charge in [-0.15, -0.1) is 6.42 Å². The zero-order chi connectivity index (χ0) is 5.91. The summed E-state index contributed by atoms with van der Waals surface area (Å²) in [4.78, 5) is 0. The van der Waals surface area contributed by atoms with Crippen LogP contribution in [0, 0.1) is 12.3 Å². The maximum Gasteiger partial charge on any atom is 0.0829 e. The Hall–Kier alpha value is 0.0400. The largest absolute Gasteiger partial charge is 0.119 e. The van der Waals surface area contributed by atoms with Crippen molar-refractivity contribution in [1.29, 1.82) is 0 Å². The van der Waals surface area contributed by atoms with Gasteiger partial charge >= 0.3 is 0 Å².